The summed E-state index contributed by atoms with van der Waals surface area (Å²) in [6.45, 7) is 7.37. The van der Waals surface area contributed by atoms with E-state index in [9.17, 15) is 36.2 Å². The van der Waals surface area contributed by atoms with E-state index in [0.717, 1.165) is 34.4 Å². The van der Waals surface area contributed by atoms with E-state index in [2.05, 4.69) is 25.8 Å². The van der Waals surface area contributed by atoms with Crippen LogP contribution in [0.1, 0.15) is 22.3 Å². The Labute approximate surface area is 350 Å². The second-order valence-corrected chi connectivity index (χ2v) is 14.8. The fourth-order valence-corrected chi connectivity index (χ4v) is 6.93. The molecule has 0 bridgehead atoms. The standard InChI is InChI=1S/C36H31N5O8S2.2Na/c1-19-5-11-29(21(3)13-19)38-40-33-31(50(44,45)46)17-23-15-25(7-9-27(23)35(33)42)37-26-8-10-28-24(16-26)18-32(51(47,48)49)34(36(28)43)41-39-30-12-6-20(2)14-22(30)4;;/h5-18,37,42-43H,1-4H3,(H,44,45,46)(H,47,48,49);;/q;2*+1/p-2. The van der Waals surface area contributed by atoms with Crippen LogP contribution in [-0.4, -0.2) is 25.9 Å². The quantitative estimate of drug-likeness (QED) is 0.118. The molecule has 0 saturated heterocycles. The molecule has 17 heteroatoms. The third-order valence-corrected chi connectivity index (χ3v) is 9.86. The van der Waals surface area contributed by atoms with Gasteiger partial charge in [0.05, 0.1) is 22.7 Å². The van der Waals surface area contributed by atoms with Crippen LogP contribution in [0.3, 0.4) is 0 Å². The fraction of sp³-hybridized carbons (Fsp3) is 0.111. The van der Waals surface area contributed by atoms with Crippen molar-refractivity contribution < 1.29 is 95.3 Å². The Morgan fingerprint density at radius 3 is 1.25 bits per heavy atom. The van der Waals surface area contributed by atoms with E-state index in [1.807, 2.05) is 26.0 Å². The number of nitrogens with one attached hydrogen (secondary N) is 1. The maximum atomic E-state index is 13.4. The van der Waals surface area contributed by atoms with Crippen LogP contribution in [0, 0.1) is 27.7 Å². The zero-order valence-corrected chi connectivity index (χ0v) is 35.2. The minimum atomic E-state index is -4.90. The zero-order chi connectivity index (χ0) is 36.8. The Bertz CT molecular complexity index is 2520. The zero-order valence-electron chi connectivity index (χ0n) is 29.5. The van der Waals surface area contributed by atoms with Gasteiger partial charge in [-0.25, -0.2) is 0 Å². The molecule has 0 amide bonds. The Hall–Kier alpha value is -3.74. The van der Waals surface area contributed by atoms with Crippen molar-refractivity contribution in [3.63, 3.8) is 0 Å². The SMILES string of the molecule is Cc1ccc(N=Nc2c(S(=O)(=O)O)cc3cc(Nc4ccc5c([O-])c(N=Nc6ccc(C)cc6C)c(S(=O)(=O)O)cc5c4)ccc3c2[O-])c(C)c1.[Na+].[Na+]. The van der Waals surface area contributed by atoms with Gasteiger partial charge in [-0.15, -0.1) is 10.2 Å². The number of nitrogens with zero attached hydrogens (tertiary/aromatic N) is 4. The third kappa shape index (κ3) is 9.15. The van der Waals surface area contributed by atoms with Crippen LogP contribution in [-0.2, 0) is 20.2 Å². The summed E-state index contributed by atoms with van der Waals surface area (Å²) >= 11 is 0. The van der Waals surface area contributed by atoms with Crippen molar-refractivity contribution in [3.05, 3.63) is 107 Å². The molecular weight excluding hydrogens is 741 g/mol. The number of rotatable bonds is 8. The molecule has 0 spiro atoms. The summed E-state index contributed by atoms with van der Waals surface area (Å²) in [6, 6.07) is 21.8. The van der Waals surface area contributed by atoms with Crippen LogP contribution in [0.5, 0.6) is 11.5 Å². The molecule has 0 aliphatic rings. The van der Waals surface area contributed by atoms with E-state index in [1.165, 1.54) is 24.3 Å². The summed E-state index contributed by atoms with van der Waals surface area (Å²) in [5.41, 5.74) is 3.97. The molecule has 260 valence electrons. The van der Waals surface area contributed by atoms with E-state index >= 15 is 0 Å². The monoisotopic (exact) mass is 769 g/mol. The van der Waals surface area contributed by atoms with E-state index in [-0.39, 0.29) is 80.7 Å². The molecule has 0 atom stereocenters. The second-order valence-electron chi connectivity index (χ2n) is 12.0. The van der Waals surface area contributed by atoms with Crippen molar-refractivity contribution in [2.45, 2.75) is 37.5 Å². The molecule has 3 N–H and O–H groups in total. The van der Waals surface area contributed by atoms with Gasteiger partial charge >= 0.3 is 59.1 Å². The predicted molar refractivity (Wildman–Crippen MR) is 190 cm³/mol. The van der Waals surface area contributed by atoms with Crippen LogP contribution in [0.4, 0.5) is 34.1 Å². The van der Waals surface area contributed by atoms with Crippen LogP contribution in [0.15, 0.2) is 115 Å². The summed E-state index contributed by atoms with van der Waals surface area (Å²) in [4.78, 5) is -1.44. The molecule has 0 radical (unpaired) electrons. The predicted octanol–water partition coefficient (Wildman–Crippen LogP) is 2.45. The average Bonchev–Trinajstić information content (AvgIpc) is 3.04. The first kappa shape index (κ1) is 42.0. The summed E-state index contributed by atoms with van der Waals surface area (Å²) in [7, 11) is -9.80. The second kappa shape index (κ2) is 16.3. The molecule has 6 aromatic carbocycles. The van der Waals surface area contributed by atoms with Crippen LogP contribution in [0.25, 0.3) is 21.5 Å². The smallest absolute Gasteiger partial charge is 0.871 e. The van der Waals surface area contributed by atoms with Crippen molar-refractivity contribution >= 4 is 75.9 Å². The molecule has 13 nitrogen and oxygen atoms in total. The van der Waals surface area contributed by atoms with E-state index in [0.29, 0.717) is 22.7 Å². The molecule has 0 heterocycles. The minimum Gasteiger partial charge on any atom is -0.871 e. The molecule has 6 rings (SSSR count). The summed E-state index contributed by atoms with van der Waals surface area (Å²) < 4.78 is 69.5. The fourth-order valence-electron chi connectivity index (χ4n) is 5.62. The van der Waals surface area contributed by atoms with Gasteiger partial charge in [-0.2, -0.15) is 27.1 Å². The number of hydrogen-bond acceptors (Lipinski definition) is 11. The molecule has 0 aromatic heterocycles. The maximum absolute atomic E-state index is 13.4. The first-order valence-electron chi connectivity index (χ1n) is 15.2. The van der Waals surface area contributed by atoms with Crippen molar-refractivity contribution in [3.8, 4) is 11.5 Å². The first-order chi connectivity index (χ1) is 24.0. The summed E-state index contributed by atoms with van der Waals surface area (Å²) in [6.07, 6.45) is 0. The Balaban J connectivity index is 0.00000314. The molecule has 0 unspecified atom stereocenters. The average molecular weight is 770 g/mol. The molecule has 0 aliphatic heterocycles. The largest absolute Gasteiger partial charge is 1.00 e. The third-order valence-electron chi connectivity index (χ3n) is 8.13. The maximum Gasteiger partial charge on any atom is 1.00 e. The minimum absolute atomic E-state index is 0. The summed E-state index contributed by atoms with van der Waals surface area (Å²) in [5, 5.41) is 46.5. The van der Waals surface area contributed by atoms with Gasteiger partial charge in [0.1, 0.15) is 9.79 Å². The summed E-state index contributed by atoms with van der Waals surface area (Å²) in [5.74, 6) is -1.53. The van der Waals surface area contributed by atoms with Crippen molar-refractivity contribution in [1.82, 2.24) is 0 Å². The number of hydrogen-bond donors (Lipinski definition) is 3. The Morgan fingerprint density at radius 2 is 0.906 bits per heavy atom. The van der Waals surface area contributed by atoms with Gasteiger partial charge in [-0.1, -0.05) is 59.0 Å². The van der Waals surface area contributed by atoms with Crippen molar-refractivity contribution in [2.24, 2.45) is 20.5 Å². The van der Waals surface area contributed by atoms with Crippen molar-refractivity contribution in [2.75, 3.05) is 5.32 Å². The number of aryl methyl sites for hydroxylation is 4. The first-order valence-corrected chi connectivity index (χ1v) is 18.1. The molecule has 0 fully saturated rings. The van der Waals surface area contributed by atoms with Gasteiger partial charge in [0.2, 0.25) is 0 Å². The van der Waals surface area contributed by atoms with E-state index < -0.39 is 52.9 Å². The molecule has 0 saturated carbocycles. The van der Waals surface area contributed by atoms with E-state index in [1.54, 1.807) is 50.2 Å². The van der Waals surface area contributed by atoms with Crippen LogP contribution >= 0.6 is 0 Å². The van der Waals surface area contributed by atoms with Crippen LogP contribution < -0.4 is 74.6 Å². The van der Waals surface area contributed by atoms with Crippen molar-refractivity contribution in [1.29, 1.82) is 0 Å². The van der Waals surface area contributed by atoms with Gasteiger partial charge in [0.25, 0.3) is 20.2 Å². The van der Waals surface area contributed by atoms with Gasteiger partial charge < -0.3 is 15.5 Å². The number of benzene rings is 6. The Kier molecular flexibility index (Phi) is 12.9. The number of fused-ring (bicyclic) bond motifs is 2. The molecule has 53 heavy (non-hydrogen) atoms. The topological polar surface area (TPSA) is 216 Å². The van der Waals surface area contributed by atoms with Gasteiger partial charge in [0.15, 0.2) is 0 Å². The van der Waals surface area contributed by atoms with Gasteiger partial charge in [0, 0.05) is 11.4 Å². The number of anilines is 2. The Morgan fingerprint density at radius 1 is 0.528 bits per heavy atom. The van der Waals surface area contributed by atoms with Crippen LogP contribution in [0.2, 0.25) is 0 Å². The normalized spacial score (nSPS) is 12.0. The molecular formula is C36H29N5Na2O8S2. The van der Waals surface area contributed by atoms with Gasteiger partial charge in [-0.05, 0) is 109 Å². The van der Waals surface area contributed by atoms with Gasteiger partial charge in [-0.3, -0.25) is 9.11 Å². The molecule has 0 aliphatic carbocycles. The number of azo groups is 2. The van der Waals surface area contributed by atoms with E-state index in [4.69, 9.17) is 0 Å². The molecule has 6 aromatic rings.